The van der Waals surface area contributed by atoms with Gasteiger partial charge in [0, 0.05) is 0 Å². The molecule has 0 unspecified atom stereocenters. The maximum absolute atomic E-state index is 6.42. The standard InChI is InChI=1S/C30H25BO2/c1-29(2)30(3,4)33-31(32-29)27-14-8-11-20-22(27)16-15-21-24-13-7-12-23-18-9-5-6-10-19(18)26(28(23)24)17-25(20)21/h5-17H,1-4H3. The Labute approximate surface area is 194 Å². The van der Waals surface area contributed by atoms with Crippen LogP contribution in [0.4, 0.5) is 0 Å². The monoisotopic (exact) mass is 428 g/mol. The van der Waals surface area contributed by atoms with Crippen molar-refractivity contribution in [1.82, 2.24) is 0 Å². The highest BCUT2D eigenvalue weighted by Gasteiger charge is 2.52. The number of hydrogen-bond donors (Lipinski definition) is 0. The van der Waals surface area contributed by atoms with Crippen molar-refractivity contribution >= 4 is 44.9 Å². The van der Waals surface area contributed by atoms with Gasteiger partial charge < -0.3 is 9.31 Å². The third kappa shape index (κ3) is 2.47. The topological polar surface area (TPSA) is 18.5 Å². The second-order valence-corrected chi connectivity index (χ2v) is 10.4. The Morgan fingerprint density at radius 3 is 1.85 bits per heavy atom. The average molecular weight is 428 g/mol. The number of hydrogen-bond acceptors (Lipinski definition) is 2. The van der Waals surface area contributed by atoms with E-state index in [0.29, 0.717) is 0 Å². The van der Waals surface area contributed by atoms with Gasteiger partial charge in [0.1, 0.15) is 0 Å². The highest BCUT2D eigenvalue weighted by atomic mass is 16.7. The van der Waals surface area contributed by atoms with Crippen molar-refractivity contribution in [2.45, 2.75) is 38.9 Å². The second kappa shape index (κ2) is 6.25. The lowest BCUT2D eigenvalue weighted by atomic mass is 9.75. The molecule has 5 aromatic carbocycles. The molecule has 1 saturated heterocycles. The van der Waals surface area contributed by atoms with Crippen LogP contribution in [0.5, 0.6) is 0 Å². The molecule has 2 nitrogen and oxygen atoms in total. The molecule has 0 amide bonds. The van der Waals surface area contributed by atoms with Crippen molar-refractivity contribution in [1.29, 1.82) is 0 Å². The van der Waals surface area contributed by atoms with Crippen molar-refractivity contribution in [3.05, 3.63) is 78.9 Å². The normalized spacial score (nSPS) is 17.9. The predicted octanol–water partition coefficient (Wildman–Crippen LogP) is 7.09. The summed E-state index contributed by atoms with van der Waals surface area (Å²) < 4.78 is 12.8. The highest BCUT2D eigenvalue weighted by molar-refractivity contribution is 6.65. The summed E-state index contributed by atoms with van der Waals surface area (Å²) in [4.78, 5) is 0. The molecular formula is C30H25BO2. The van der Waals surface area contributed by atoms with Gasteiger partial charge in [-0.05, 0) is 93.8 Å². The molecule has 5 aromatic rings. The van der Waals surface area contributed by atoms with E-state index in [0.717, 1.165) is 5.46 Å². The molecule has 0 radical (unpaired) electrons. The molecule has 160 valence electrons. The van der Waals surface area contributed by atoms with Gasteiger partial charge >= 0.3 is 7.12 Å². The lowest BCUT2D eigenvalue weighted by Gasteiger charge is -2.32. The van der Waals surface area contributed by atoms with Gasteiger partial charge in [-0.2, -0.15) is 0 Å². The zero-order chi connectivity index (χ0) is 22.5. The van der Waals surface area contributed by atoms with Crippen LogP contribution in [0, 0.1) is 0 Å². The second-order valence-electron chi connectivity index (χ2n) is 10.4. The van der Waals surface area contributed by atoms with Gasteiger partial charge in [0.05, 0.1) is 11.2 Å². The van der Waals surface area contributed by atoms with Gasteiger partial charge in [0.2, 0.25) is 0 Å². The van der Waals surface area contributed by atoms with Crippen LogP contribution in [0.25, 0.3) is 54.6 Å². The fourth-order valence-corrected chi connectivity index (χ4v) is 5.64. The van der Waals surface area contributed by atoms with E-state index in [-0.39, 0.29) is 18.3 Å². The number of rotatable bonds is 1. The summed E-state index contributed by atoms with van der Waals surface area (Å²) in [7, 11) is -0.376. The third-order valence-corrected chi connectivity index (χ3v) is 8.06. The number of fused-ring (bicyclic) bond motifs is 7. The lowest BCUT2D eigenvalue weighted by molar-refractivity contribution is 0.00578. The van der Waals surface area contributed by atoms with Crippen LogP contribution in [0.3, 0.4) is 0 Å². The quantitative estimate of drug-likeness (QED) is 0.206. The van der Waals surface area contributed by atoms with Crippen LogP contribution in [-0.2, 0) is 9.31 Å². The van der Waals surface area contributed by atoms with E-state index in [1.54, 1.807) is 0 Å². The Bertz CT molecular complexity index is 1610. The van der Waals surface area contributed by atoms with Gasteiger partial charge in [0.25, 0.3) is 0 Å². The number of benzene rings is 5. The fourth-order valence-electron chi connectivity index (χ4n) is 5.64. The van der Waals surface area contributed by atoms with Gasteiger partial charge in [-0.15, -0.1) is 0 Å². The minimum absolute atomic E-state index is 0.362. The first-order chi connectivity index (χ1) is 15.9. The summed E-state index contributed by atoms with van der Waals surface area (Å²) in [5, 5.41) is 7.70. The molecule has 0 atom stereocenters. The van der Waals surface area contributed by atoms with E-state index < -0.39 is 0 Å². The molecule has 1 aliphatic carbocycles. The molecule has 33 heavy (non-hydrogen) atoms. The van der Waals surface area contributed by atoms with Gasteiger partial charge in [-0.25, -0.2) is 0 Å². The minimum atomic E-state index is -0.376. The van der Waals surface area contributed by atoms with E-state index in [2.05, 4.69) is 107 Å². The maximum Gasteiger partial charge on any atom is 0.495 e. The van der Waals surface area contributed by atoms with Crippen molar-refractivity contribution < 1.29 is 9.31 Å². The molecule has 2 aliphatic rings. The Morgan fingerprint density at radius 1 is 0.515 bits per heavy atom. The molecule has 0 bridgehead atoms. The minimum Gasteiger partial charge on any atom is -0.399 e. The first-order valence-electron chi connectivity index (χ1n) is 11.7. The predicted molar refractivity (Wildman–Crippen MR) is 139 cm³/mol. The van der Waals surface area contributed by atoms with Crippen molar-refractivity contribution in [2.24, 2.45) is 0 Å². The van der Waals surface area contributed by atoms with E-state index in [9.17, 15) is 0 Å². The van der Waals surface area contributed by atoms with E-state index >= 15 is 0 Å². The largest absolute Gasteiger partial charge is 0.495 e. The summed E-state index contributed by atoms with van der Waals surface area (Å²) in [5.41, 5.74) is 5.69. The van der Waals surface area contributed by atoms with Crippen LogP contribution >= 0.6 is 0 Å². The molecule has 0 aromatic heterocycles. The first-order valence-corrected chi connectivity index (χ1v) is 11.7. The van der Waals surface area contributed by atoms with Crippen LogP contribution in [0.15, 0.2) is 78.9 Å². The van der Waals surface area contributed by atoms with Crippen LogP contribution < -0.4 is 5.46 Å². The smallest absolute Gasteiger partial charge is 0.399 e. The summed E-state index contributed by atoms with van der Waals surface area (Å²) >= 11 is 0. The molecule has 1 aliphatic heterocycles. The molecule has 0 saturated carbocycles. The Morgan fingerprint density at radius 2 is 1.09 bits per heavy atom. The van der Waals surface area contributed by atoms with Crippen molar-refractivity contribution in [3.63, 3.8) is 0 Å². The SMILES string of the molecule is CC1(C)OB(c2cccc3c2ccc2c4cccc5c4c(cc32)-c2ccccc2-5)OC1(C)C. The Kier molecular flexibility index (Phi) is 3.67. The highest BCUT2D eigenvalue weighted by Crippen LogP contribution is 2.49. The van der Waals surface area contributed by atoms with Crippen molar-refractivity contribution in [3.8, 4) is 22.3 Å². The third-order valence-electron chi connectivity index (χ3n) is 8.06. The molecule has 1 fully saturated rings. The Hall–Kier alpha value is -3.14. The first kappa shape index (κ1) is 19.3. The Balaban J connectivity index is 1.53. The zero-order valence-electron chi connectivity index (χ0n) is 19.4. The summed E-state index contributed by atoms with van der Waals surface area (Å²) in [5.74, 6) is 0. The van der Waals surface area contributed by atoms with E-state index in [1.807, 2.05) is 0 Å². The summed E-state index contributed by atoms with van der Waals surface area (Å²) in [6, 6.07) is 28.9. The molecular weight excluding hydrogens is 403 g/mol. The van der Waals surface area contributed by atoms with Crippen LogP contribution in [0.2, 0.25) is 0 Å². The summed E-state index contributed by atoms with van der Waals surface area (Å²) in [6.45, 7) is 8.43. The average Bonchev–Trinajstić information content (AvgIpc) is 3.24. The molecule has 7 rings (SSSR count). The van der Waals surface area contributed by atoms with Crippen LogP contribution in [0.1, 0.15) is 27.7 Å². The van der Waals surface area contributed by atoms with E-state index in [1.165, 1.54) is 54.6 Å². The lowest BCUT2D eigenvalue weighted by Crippen LogP contribution is -2.41. The zero-order valence-corrected chi connectivity index (χ0v) is 19.4. The molecule has 0 N–H and O–H groups in total. The molecule has 1 heterocycles. The summed E-state index contributed by atoms with van der Waals surface area (Å²) in [6.07, 6.45) is 0. The van der Waals surface area contributed by atoms with Gasteiger partial charge in [0.15, 0.2) is 0 Å². The van der Waals surface area contributed by atoms with Crippen LogP contribution in [-0.4, -0.2) is 18.3 Å². The van der Waals surface area contributed by atoms with Gasteiger partial charge in [-0.1, -0.05) is 72.8 Å². The fraction of sp³-hybridized carbons (Fsp3) is 0.200. The maximum atomic E-state index is 6.42. The van der Waals surface area contributed by atoms with Crippen molar-refractivity contribution in [2.75, 3.05) is 0 Å². The van der Waals surface area contributed by atoms with E-state index in [4.69, 9.17) is 9.31 Å². The van der Waals surface area contributed by atoms with Gasteiger partial charge in [-0.3, -0.25) is 0 Å². The molecule has 3 heteroatoms. The molecule has 0 spiro atoms.